The Bertz CT molecular complexity index is 803. The fourth-order valence-electron chi connectivity index (χ4n) is 2.20. The topological polar surface area (TPSA) is 85.5 Å². The van der Waals surface area contributed by atoms with Gasteiger partial charge in [0.1, 0.15) is 5.78 Å². The van der Waals surface area contributed by atoms with E-state index in [0.29, 0.717) is 24.2 Å². The number of Topliss-reactive ketones (excluding diaryl/α,β-unsaturated/α-hetero) is 1. The summed E-state index contributed by atoms with van der Waals surface area (Å²) in [5, 5.41) is 4.52. The smallest absolute Gasteiger partial charge is 0.329 e. The van der Waals surface area contributed by atoms with Gasteiger partial charge in [0.15, 0.2) is 0 Å². The molecule has 2 aromatic rings. The number of alkyl halides is 3. The second-order valence-corrected chi connectivity index (χ2v) is 6.08. The Kier molecular flexibility index (Phi) is 7.27. The SMILES string of the molecule is CCCON(Cc1ccc(-c2noc(C(F)(F)F)n2)cc1)C(=O)CCC(C)=O. The van der Waals surface area contributed by atoms with Crippen molar-refractivity contribution < 1.29 is 32.1 Å². The molecule has 0 atom stereocenters. The van der Waals surface area contributed by atoms with Crippen LogP contribution in [0.1, 0.15) is 44.6 Å². The van der Waals surface area contributed by atoms with Gasteiger partial charge in [-0.1, -0.05) is 36.3 Å². The van der Waals surface area contributed by atoms with Crippen LogP contribution in [0.4, 0.5) is 13.2 Å². The number of carbonyl (C=O) groups excluding carboxylic acids is 2. The summed E-state index contributed by atoms with van der Waals surface area (Å²) in [6.07, 6.45) is -3.83. The fourth-order valence-corrected chi connectivity index (χ4v) is 2.20. The highest BCUT2D eigenvalue weighted by atomic mass is 19.4. The summed E-state index contributed by atoms with van der Waals surface area (Å²) in [5.41, 5.74) is 1.03. The zero-order chi connectivity index (χ0) is 20.7. The minimum Gasteiger partial charge on any atom is -0.329 e. The van der Waals surface area contributed by atoms with Crippen LogP contribution < -0.4 is 0 Å². The largest absolute Gasteiger partial charge is 0.471 e. The Balaban J connectivity index is 2.08. The standard InChI is InChI=1S/C18H20F3N3O4/c1-3-10-27-24(15(26)9-4-12(2)25)11-13-5-7-14(8-6-13)16-22-17(28-23-16)18(19,20)21/h5-8H,3-4,9-11H2,1-2H3. The van der Waals surface area contributed by atoms with Gasteiger partial charge in [-0.05, 0) is 18.9 Å². The summed E-state index contributed by atoms with van der Waals surface area (Å²) >= 11 is 0. The van der Waals surface area contributed by atoms with Crippen LogP contribution in [-0.2, 0) is 27.1 Å². The van der Waals surface area contributed by atoms with Gasteiger partial charge in [-0.3, -0.25) is 9.63 Å². The first-order valence-corrected chi connectivity index (χ1v) is 8.63. The summed E-state index contributed by atoms with van der Waals surface area (Å²) in [7, 11) is 0. The highest BCUT2D eigenvalue weighted by Crippen LogP contribution is 2.29. The number of aromatic nitrogens is 2. The fraction of sp³-hybridized carbons (Fsp3) is 0.444. The van der Waals surface area contributed by atoms with Gasteiger partial charge < -0.3 is 9.32 Å². The van der Waals surface area contributed by atoms with Crippen LogP contribution in [0.25, 0.3) is 11.4 Å². The number of ketones is 1. The van der Waals surface area contributed by atoms with E-state index in [9.17, 15) is 22.8 Å². The maximum absolute atomic E-state index is 12.5. The number of nitrogens with zero attached hydrogens (tertiary/aromatic N) is 3. The molecule has 28 heavy (non-hydrogen) atoms. The van der Waals surface area contributed by atoms with Crippen LogP contribution in [0, 0.1) is 0 Å². The minimum absolute atomic E-state index is 0.0419. The van der Waals surface area contributed by atoms with E-state index < -0.39 is 12.1 Å². The third kappa shape index (κ3) is 6.15. The van der Waals surface area contributed by atoms with Gasteiger partial charge in [0, 0.05) is 18.4 Å². The van der Waals surface area contributed by atoms with Crippen molar-refractivity contribution in [1.82, 2.24) is 15.2 Å². The molecular weight excluding hydrogens is 379 g/mol. The van der Waals surface area contributed by atoms with Crippen molar-refractivity contribution in [3.05, 3.63) is 35.7 Å². The molecule has 1 aromatic heterocycles. The predicted molar refractivity (Wildman–Crippen MR) is 91.4 cm³/mol. The van der Waals surface area contributed by atoms with Gasteiger partial charge in [-0.2, -0.15) is 18.2 Å². The first-order chi connectivity index (χ1) is 13.2. The van der Waals surface area contributed by atoms with E-state index in [2.05, 4.69) is 14.7 Å². The van der Waals surface area contributed by atoms with Crippen molar-refractivity contribution in [2.24, 2.45) is 0 Å². The molecule has 1 amide bonds. The molecule has 0 spiro atoms. The second-order valence-electron chi connectivity index (χ2n) is 6.08. The van der Waals surface area contributed by atoms with E-state index in [4.69, 9.17) is 4.84 Å². The van der Waals surface area contributed by atoms with Crippen LogP contribution in [0.15, 0.2) is 28.8 Å². The number of hydrogen-bond acceptors (Lipinski definition) is 6. The molecule has 0 N–H and O–H groups in total. The van der Waals surface area contributed by atoms with Gasteiger partial charge in [0.25, 0.3) is 0 Å². The Morgan fingerprint density at radius 2 is 1.86 bits per heavy atom. The molecule has 0 aliphatic rings. The molecule has 7 nitrogen and oxygen atoms in total. The average molecular weight is 399 g/mol. The lowest BCUT2D eigenvalue weighted by Gasteiger charge is -2.21. The minimum atomic E-state index is -4.71. The van der Waals surface area contributed by atoms with Gasteiger partial charge in [0.2, 0.25) is 11.7 Å². The average Bonchev–Trinajstić information content (AvgIpc) is 3.14. The van der Waals surface area contributed by atoms with Crippen LogP contribution in [0.3, 0.4) is 0 Å². The van der Waals surface area contributed by atoms with Crippen molar-refractivity contribution in [2.75, 3.05) is 6.61 Å². The monoisotopic (exact) mass is 399 g/mol. The van der Waals surface area contributed by atoms with Crippen LogP contribution in [0.5, 0.6) is 0 Å². The van der Waals surface area contributed by atoms with Crippen molar-refractivity contribution in [2.45, 2.75) is 45.8 Å². The molecular formula is C18H20F3N3O4. The Morgan fingerprint density at radius 3 is 2.39 bits per heavy atom. The second kappa shape index (κ2) is 9.45. The van der Waals surface area contributed by atoms with E-state index >= 15 is 0 Å². The summed E-state index contributed by atoms with van der Waals surface area (Å²) in [6, 6.07) is 6.30. The van der Waals surface area contributed by atoms with Crippen LogP contribution in [0.2, 0.25) is 0 Å². The van der Waals surface area contributed by atoms with E-state index in [-0.39, 0.29) is 36.9 Å². The van der Waals surface area contributed by atoms with Gasteiger partial charge in [0.05, 0.1) is 13.2 Å². The zero-order valence-corrected chi connectivity index (χ0v) is 15.5. The highest BCUT2D eigenvalue weighted by molar-refractivity contribution is 5.83. The summed E-state index contributed by atoms with van der Waals surface area (Å²) in [4.78, 5) is 32.1. The van der Waals surface area contributed by atoms with E-state index in [1.807, 2.05) is 6.92 Å². The predicted octanol–water partition coefficient (Wildman–Crippen LogP) is 3.79. The van der Waals surface area contributed by atoms with Crippen molar-refractivity contribution >= 4 is 11.7 Å². The van der Waals surface area contributed by atoms with Crippen LogP contribution in [-0.4, -0.2) is 33.5 Å². The molecule has 0 bridgehead atoms. The maximum atomic E-state index is 12.5. The zero-order valence-electron chi connectivity index (χ0n) is 15.5. The lowest BCUT2D eigenvalue weighted by atomic mass is 10.1. The van der Waals surface area contributed by atoms with Crippen molar-refractivity contribution in [1.29, 1.82) is 0 Å². The molecule has 0 unspecified atom stereocenters. The summed E-state index contributed by atoms with van der Waals surface area (Å²) < 4.78 is 41.9. The Labute approximate surface area is 159 Å². The quantitative estimate of drug-likeness (QED) is 0.597. The van der Waals surface area contributed by atoms with Crippen LogP contribution >= 0.6 is 0 Å². The Morgan fingerprint density at radius 1 is 1.18 bits per heavy atom. The number of halogens is 3. The number of hydrogen-bond donors (Lipinski definition) is 0. The van der Waals surface area contributed by atoms with Crippen molar-refractivity contribution in [3.8, 4) is 11.4 Å². The molecule has 0 fully saturated rings. The molecule has 1 aromatic carbocycles. The molecule has 0 aliphatic carbocycles. The lowest BCUT2D eigenvalue weighted by Crippen LogP contribution is -2.31. The van der Waals surface area contributed by atoms with Crippen molar-refractivity contribution in [3.63, 3.8) is 0 Å². The van der Waals surface area contributed by atoms with Gasteiger partial charge in [-0.15, -0.1) is 0 Å². The third-order valence-corrected chi connectivity index (χ3v) is 3.63. The first kappa shape index (κ1) is 21.5. The number of amides is 1. The normalized spacial score (nSPS) is 11.5. The third-order valence-electron chi connectivity index (χ3n) is 3.63. The summed E-state index contributed by atoms with van der Waals surface area (Å²) in [5.74, 6) is -2.01. The molecule has 0 radical (unpaired) electrons. The van der Waals surface area contributed by atoms with Gasteiger partial charge in [-0.25, -0.2) is 5.06 Å². The maximum Gasteiger partial charge on any atom is 0.471 e. The van der Waals surface area contributed by atoms with E-state index in [1.54, 1.807) is 12.1 Å². The lowest BCUT2D eigenvalue weighted by molar-refractivity contribution is -0.190. The summed E-state index contributed by atoms with van der Waals surface area (Å²) in [6.45, 7) is 3.78. The van der Waals surface area contributed by atoms with E-state index in [1.165, 1.54) is 24.1 Å². The molecule has 10 heteroatoms. The highest BCUT2D eigenvalue weighted by Gasteiger charge is 2.38. The van der Waals surface area contributed by atoms with Gasteiger partial charge >= 0.3 is 12.1 Å². The molecule has 1 heterocycles. The molecule has 152 valence electrons. The molecule has 0 saturated heterocycles. The number of hydroxylamine groups is 2. The number of rotatable bonds is 9. The molecule has 2 rings (SSSR count). The van der Waals surface area contributed by atoms with E-state index in [0.717, 1.165) is 0 Å². The number of carbonyl (C=O) groups is 2. The molecule has 0 aliphatic heterocycles. The number of benzene rings is 1. The Hall–Kier alpha value is -2.75. The molecule has 0 saturated carbocycles. The first-order valence-electron chi connectivity index (χ1n) is 8.63.